The topological polar surface area (TPSA) is 84.3 Å². The second kappa shape index (κ2) is 6.56. The molecule has 4 aromatic rings. The molecule has 2 aromatic carbocycles. The van der Waals surface area contributed by atoms with Crippen molar-refractivity contribution in [3.63, 3.8) is 0 Å². The van der Waals surface area contributed by atoms with Crippen molar-refractivity contribution in [2.45, 2.75) is 13.5 Å². The molecule has 4 rings (SSSR count). The smallest absolute Gasteiger partial charge is 0.153 e. The van der Waals surface area contributed by atoms with Crippen LogP contribution in [-0.2, 0) is 6.54 Å². The van der Waals surface area contributed by atoms with Crippen molar-refractivity contribution in [1.82, 2.24) is 30.4 Å². The molecule has 0 saturated carbocycles. The Labute approximate surface area is 144 Å². The summed E-state index contributed by atoms with van der Waals surface area (Å²) < 4.78 is 1.71. The summed E-state index contributed by atoms with van der Waals surface area (Å²) >= 11 is 0. The minimum absolute atomic E-state index is 0.665. The van der Waals surface area contributed by atoms with E-state index in [-0.39, 0.29) is 0 Å². The Morgan fingerprint density at radius 3 is 2.76 bits per heavy atom. The van der Waals surface area contributed by atoms with Crippen LogP contribution >= 0.6 is 0 Å². The Morgan fingerprint density at radius 1 is 1.08 bits per heavy atom. The molecule has 0 aliphatic carbocycles. The predicted octanol–water partition coefficient (Wildman–Crippen LogP) is 2.97. The summed E-state index contributed by atoms with van der Waals surface area (Å²) in [5.41, 5.74) is 5.17. The molecule has 0 atom stereocenters. The Hall–Kier alpha value is -3.48. The summed E-state index contributed by atoms with van der Waals surface area (Å²) in [5.74, 6) is 0.748. The van der Waals surface area contributed by atoms with Gasteiger partial charge in [-0.15, -0.1) is 5.10 Å². The monoisotopic (exact) mass is 331 g/mol. The first-order valence-corrected chi connectivity index (χ1v) is 7.98. The third-order valence-electron chi connectivity index (χ3n) is 3.98. The highest BCUT2D eigenvalue weighted by Gasteiger charge is 2.08. The quantitative estimate of drug-likeness (QED) is 0.587. The van der Waals surface area contributed by atoms with E-state index in [4.69, 9.17) is 0 Å². The number of hydrogen-bond donors (Lipinski definition) is 2. The molecule has 0 saturated heterocycles. The maximum Gasteiger partial charge on any atom is 0.153 e. The molecular formula is C18H17N7. The zero-order valence-corrected chi connectivity index (χ0v) is 13.7. The molecule has 124 valence electrons. The molecule has 0 aliphatic heterocycles. The van der Waals surface area contributed by atoms with Crippen LogP contribution in [0.2, 0.25) is 0 Å². The number of nitrogens with zero attached hydrogens (tertiary/aromatic N) is 5. The second-order valence-corrected chi connectivity index (χ2v) is 5.68. The van der Waals surface area contributed by atoms with Crippen molar-refractivity contribution in [1.29, 1.82) is 0 Å². The van der Waals surface area contributed by atoms with E-state index < -0.39 is 0 Å². The summed E-state index contributed by atoms with van der Waals surface area (Å²) in [6, 6.07) is 18.2. The molecule has 2 aromatic heterocycles. The number of benzene rings is 2. The number of aromatic amines is 1. The molecule has 25 heavy (non-hydrogen) atoms. The lowest BCUT2D eigenvalue weighted by Gasteiger charge is -2.09. The van der Waals surface area contributed by atoms with Crippen LogP contribution in [0.5, 0.6) is 0 Å². The number of nitrogens with one attached hydrogen (secondary N) is 2. The normalized spacial score (nSPS) is 10.8. The van der Waals surface area contributed by atoms with Crippen LogP contribution in [0.4, 0.5) is 5.69 Å². The average Bonchev–Trinajstić information content (AvgIpc) is 3.30. The van der Waals surface area contributed by atoms with Crippen molar-refractivity contribution in [2.24, 2.45) is 0 Å². The molecule has 0 unspecified atom stereocenters. The molecule has 0 fully saturated rings. The van der Waals surface area contributed by atoms with Crippen LogP contribution in [0, 0.1) is 6.92 Å². The molecule has 0 aliphatic rings. The van der Waals surface area contributed by atoms with E-state index in [1.54, 1.807) is 4.68 Å². The van der Waals surface area contributed by atoms with Crippen LogP contribution in [0.1, 0.15) is 11.4 Å². The van der Waals surface area contributed by atoms with E-state index in [0.717, 1.165) is 34.0 Å². The van der Waals surface area contributed by atoms with Crippen molar-refractivity contribution in [3.05, 3.63) is 72.2 Å². The lowest BCUT2D eigenvalue weighted by Crippen LogP contribution is -2.03. The van der Waals surface area contributed by atoms with Gasteiger partial charge in [0.2, 0.25) is 0 Å². The zero-order valence-electron chi connectivity index (χ0n) is 13.7. The molecule has 0 radical (unpaired) electrons. The summed E-state index contributed by atoms with van der Waals surface area (Å²) in [4.78, 5) is 0. The molecule has 0 spiro atoms. The SMILES string of the molecule is Cc1nnnn1-c1cccc(NCc2cn[nH]c2-c2ccccc2)c1. The molecule has 7 heteroatoms. The average molecular weight is 331 g/mol. The minimum Gasteiger partial charge on any atom is -0.381 e. The van der Waals surface area contributed by atoms with Crippen LogP contribution in [0.15, 0.2) is 60.8 Å². The highest BCUT2D eigenvalue weighted by Crippen LogP contribution is 2.22. The van der Waals surface area contributed by atoms with Gasteiger partial charge in [-0.1, -0.05) is 36.4 Å². The Morgan fingerprint density at radius 2 is 1.96 bits per heavy atom. The summed E-state index contributed by atoms with van der Waals surface area (Å²) in [7, 11) is 0. The fourth-order valence-corrected chi connectivity index (χ4v) is 2.72. The summed E-state index contributed by atoms with van der Waals surface area (Å²) in [5, 5.41) is 22.3. The number of tetrazole rings is 1. The van der Waals surface area contributed by atoms with Gasteiger partial charge in [0.1, 0.15) is 0 Å². The van der Waals surface area contributed by atoms with Gasteiger partial charge in [-0.25, -0.2) is 0 Å². The third kappa shape index (κ3) is 3.12. The highest BCUT2D eigenvalue weighted by molar-refractivity contribution is 5.63. The third-order valence-corrected chi connectivity index (χ3v) is 3.98. The standard InChI is InChI=1S/C18H17N7/c1-13-21-23-24-25(13)17-9-5-8-16(10-17)19-11-15-12-20-22-18(15)14-6-3-2-4-7-14/h2-10,12,19H,11H2,1H3,(H,20,22). The van der Waals surface area contributed by atoms with Crippen LogP contribution in [0.3, 0.4) is 0 Å². The Kier molecular flexibility index (Phi) is 3.96. The van der Waals surface area contributed by atoms with Gasteiger partial charge in [-0.2, -0.15) is 9.78 Å². The number of rotatable bonds is 5. The van der Waals surface area contributed by atoms with Gasteiger partial charge < -0.3 is 5.32 Å². The first-order valence-electron chi connectivity index (χ1n) is 7.98. The number of anilines is 1. The second-order valence-electron chi connectivity index (χ2n) is 5.68. The van der Waals surface area contributed by atoms with E-state index in [2.05, 4.69) is 43.2 Å². The first-order chi connectivity index (χ1) is 12.3. The number of aromatic nitrogens is 6. The zero-order chi connectivity index (χ0) is 17.1. The molecule has 2 heterocycles. The van der Waals surface area contributed by atoms with E-state index in [9.17, 15) is 0 Å². The number of aryl methyl sites for hydroxylation is 1. The minimum atomic E-state index is 0.665. The summed E-state index contributed by atoms with van der Waals surface area (Å²) in [6.07, 6.45) is 1.85. The Bertz CT molecular complexity index is 972. The van der Waals surface area contributed by atoms with Gasteiger partial charge in [0.15, 0.2) is 5.82 Å². The van der Waals surface area contributed by atoms with Crippen LogP contribution < -0.4 is 5.32 Å². The van der Waals surface area contributed by atoms with Crippen LogP contribution in [-0.4, -0.2) is 30.4 Å². The maximum absolute atomic E-state index is 4.18. The molecule has 0 amide bonds. The van der Waals surface area contributed by atoms with E-state index in [0.29, 0.717) is 6.54 Å². The van der Waals surface area contributed by atoms with Crippen molar-refractivity contribution in [3.8, 4) is 16.9 Å². The van der Waals surface area contributed by atoms with Gasteiger partial charge in [0.05, 0.1) is 17.6 Å². The fourth-order valence-electron chi connectivity index (χ4n) is 2.72. The molecule has 2 N–H and O–H groups in total. The Balaban J connectivity index is 1.53. The lowest BCUT2D eigenvalue weighted by molar-refractivity contribution is 0.779. The van der Waals surface area contributed by atoms with Crippen LogP contribution in [0.25, 0.3) is 16.9 Å². The first kappa shape index (κ1) is 15.1. The van der Waals surface area contributed by atoms with Gasteiger partial charge in [0, 0.05) is 17.8 Å². The van der Waals surface area contributed by atoms with E-state index >= 15 is 0 Å². The molecule has 7 nitrogen and oxygen atoms in total. The highest BCUT2D eigenvalue weighted by atomic mass is 15.5. The van der Waals surface area contributed by atoms with Gasteiger partial charge in [-0.05, 0) is 41.1 Å². The van der Waals surface area contributed by atoms with Crippen molar-refractivity contribution in [2.75, 3.05) is 5.32 Å². The maximum atomic E-state index is 4.18. The predicted molar refractivity (Wildman–Crippen MR) is 95.2 cm³/mol. The van der Waals surface area contributed by atoms with Gasteiger partial charge in [-0.3, -0.25) is 5.10 Å². The van der Waals surface area contributed by atoms with E-state index in [1.807, 2.05) is 55.6 Å². The number of hydrogen-bond acceptors (Lipinski definition) is 5. The van der Waals surface area contributed by atoms with Gasteiger partial charge in [0.25, 0.3) is 0 Å². The number of H-pyrrole nitrogens is 1. The largest absolute Gasteiger partial charge is 0.381 e. The summed E-state index contributed by atoms with van der Waals surface area (Å²) in [6.45, 7) is 2.54. The van der Waals surface area contributed by atoms with Gasteiger partial charge >= 0.3 is 0 Å². The molecular weight excluding hydrogens is 314 g/mol. The van der Waals surface area contributed by atoms with Crippen molar-refractivity contribution < 1.29 is 0 Å². The van der Waals surface area contributed by atoms with Crippen molar-refractivity contribution >= 4 is 5.69 Å². The fraction of sp³-hybridized carbons (Fsp3) is 0.111. The van der Waals surface area contributed by atoms with E-state index in [1.165, 1.54) is 0 Å². The molecule has 0 bridgehead atoms. The lowest BCUT2D eigenvalue weighted by atomic mass is 10.1.